The number of aldehydes is 1. The van der Waals surface area contributed by atoms with Crippen LogP contribution in [0.25, 0.3) is 0 Å². The average molecular weight is 117 g/mol. The molecule has 2 N–H and O–H groups in total. The van der Waals surface area contributed by atoms with E-state index in [0.717, 1.165) is 6.29 Å². The Morgan fingerprint density at radius 2 is 2.50 bits per heavy atom. The van der Waals surface area contributed by atoms with Crippen LogP contribution in [0.5, 0.6) is 0 Å². The van der Waals surface area contributed by atoms with Gasteiger partial charge < -0.3 is 15.2 Å². The molecule has 8 heavy (non-hydrogen) atoms. The quantitative estimate of drug-likeness (QED) is 0.372. The van der Waals surface area contributed by atoms with Gasteiger partial charge in [0, 0.05) is 6.54 Å². The normalized spacial score (nSPS) is 13.2. The van der Waals surface area contributed by atoms with Crippen molar-refractivity contribution in [1.29, 1.82) is 0 Å². The summed E-state index contributed by atoms with van der Waals surface area (Å²) in [5.41, 5.74) is 0. The molecule has 0 rings (SSSR count). The summed E-state index contributed by atoms with van der Waals surface area (Å²) in [6.45, 7) is 2.47. The first-order valence-corrected chi connectivity index (χ1v) is 2.59. The first kappa shape index (κ1) is 7.59. The second-order valence-corrected chi connectivity index (χ2v) is 1.67. The zero-order chi connectivity index (χ0) is 6.41. The van der Waals surface area contributed by atoms with E-state index in [4.69, 9.17) is 5.11 Å². The summed E-state index contributed by atoms with van der Waals surface area (Å²) in [5, 5.41) is 11.3. The van der Waals surface area contributed by atoms with Gasteiger partial charge in [0.1, 0.15) is 6.29 Å². The maximum absolute atomic E-state index is 9.64. The lowest BCUT2D eigenvalue weighted by Crippen LogP contribution is -2.25. The number of aliphatic hydroxyl groups excluding tert-OH is 1. The predicted molar refractivity (Wildman–Crippen MR) is 30.6 cm³/mol. The third-order valence-corrected chi connectivity index (χ3v) is 0.667. The fourth-order valence-electron chi connectivity index (χ4n) is 0.351. The van der Waals surface area contributed by atoms with Crippen LogP contribution in [0.3, 0.4) is 0 Å². The zero-order valence-corrected chi connectivity index (χ0v) is 4.92. The van der Waals surface area contributed by atoms with Crippen molar-refractivity contribution in [3.8, 4) is 0 Å². The third kappa shape index (κ3) is 5.59. The molecule has 1 atom stereocenters. The Labute approximate surface area is 48.7 Å². The molecular weight excluding hydrogens is 106 g/mol. The van der Waals surface area contributed by atoms with Gasteiger partial charge in [-0.3, -0.25) is 0 Å². The Bertz CT molecular complexity index is 63.4. The lowest BCUT2D eigenvalue weighted by Gasteiger charge is -2.00. The fourth-order valence-corrected chi connectivity index (χ4v) is 0.351. The predicted octanol–water partition coefficient (Wildman–Crippen LogP) is -0.844. The number of rotatable bonds is 4. The van der Waals surface area contributed by atoms with Crippen molar-refractivity contribution in [3.05, 3.63) is 0 Å². The van der Waals surface area contributed by atoms with Crippen LogP contribution in [0.15, 0.2) is 0 Å². The highest BCUT2D eigenvalue weighted by Gasteiger charge is 1.90. The molecule has 0 saturated carbocycles. The minimum atomic E-state index is -0.366. The molecule has 0 amide bonds. The summed E-state index contributed by atoms with van der Waals surface area (Å²) in [6, 6.07) is 0. The highest BCUT2D eigenvalue weighted by atomic mass is 16.3. The van der Waals surface area contributed by atoms with E-state index in [1.807, 2.05) is 0 Å². The Hall–Kier alpha value is -0.410. The molecule has 0 aromatic rings. The number of nitrogens with one attached hydrogen (secondary N) is 1. The first-order valence-electron chi connectivity index (χ1n) is 2.59. The van der Waals surface area contributed by atoms with E-state index < -0.39 is 0 Å². The molecule has 0 aliphatic carbocycles. The van der Waals surface area contributed by atoms with E-state index in [1.165, 1.54) is 0 Å². The minimum Gasteiger partial charge on any atom is -0.392 e. The molecular formula is C5H11NO2. The highest BCUT2D eigenvalue weighted by molar-refractivity contribution is 5.51. The number of carbonyl (C=O) groups is 1. The van der Waals surface area contributed by atoms with Crippen molar-refractivity contribution in [2.75, 3.05) is 13.1 Å². The molecule has 0 spiro atoms. The van der Waals surface area contributed by atoms with E-state index in [1.54, 1.807) is 6.92 Å². The van der Waals surface area contributed by atoms with E-state index >= 15 is 0 Å². The van der Waals surface area contributed by atoms with Crippen LogP contribution in [0.1, 0.15) is 6.92 Å². The molecule has 3 nitrogen and oxygen atoms in total. The second kappa shape index (κ2) is 4.74. The molecule has 3 heteroatoms. The van der Waals surface area contributed by atoms with Crippen LogP contribution in [-0.2, 0) is 4.79 Å². The third-order valence-electron chi connectivity index (χ3n) is 0.667. The maximum atomic E-state index is 9.64. The number of aliphatic hydroxyl groups is 1. The molecule has 0 heterocycles. The van der Waals surface area contributed by atoms with Gasteiger partial charge in [-0.1, -0.05) is 0 Å². The van der Waals surface area contributed by atoms with Crippen LogP contribution in [-0.4, -0.2) is 30.6 Å². The topological polar surface area (TPSA) is 49.3 Å². The van der Waals surface area contributed by atoms with Crippen LogP contribution < -0.4 is 5.32 Å². The molecule has 0 aliphatic heterocycles. The van der Waals surface area contributed by atoms with Gasteiger partial charge in [-0.05, 0) is 6.92 Å². The smallest absolute Gasteiger partial charge is 0.133 e. The molecule has 0 saturated heterocycles. The molecule has 1 unspecified atom stereocenters. The van der Waals surface area contributed by atoms with Crippen LogP contribution in [0.2, 0.25) is 0 Å². The van der Waals surface area contributed by atoms with Crippen LogP contribution >= 0.6 is 0 Å². The van der Waals surface area contributed by atoms with E-state index in [2.05, 4.69) is 5.32 Å². The number of hydrogen-bond donors (Lipinski definition) is 2. The van der Waals surface area contributed by atoms with E-state index in [0.29, 0.717) is 13.1 Å². The van der Waals surface area contributed by atoms with Gasteiger partial charge in [-0.25, -0.2) is 0 Å². The van der Waals surface area contributed by atoms with Crippen LogP contribution in [0, 0.1) is 0 Å². The Morgan fingerprint density at radius 3 is 2.88 bits per heavy atom. The number of carbonyl (C=O) groups excluding carboxylic acids is 1. The molecule has 0 fully saturated rings. The monoisotopic (exact) mass is 117 g/mol. The Kier molecular flexibility index (Phi) is 4.50. The van der Waals surface area contributed by atoms with Gasteiger partial charge in [-0.2, -0.15) is 0 Å². The van der Waals surface area contributed by atoms with Crippen molar-refractivity contribution < 1.29 is 9.90 Å². The summed E-state index contributed by atoms with van der Waals surface area (Å²) in [6.07, 6.45) is 0.400. The largest absolute Gasteiger partial charge is 0.392 e. The summed E-state index contributed by atoms with van der Waals surface area (Å²) < 4.78 is 0. The number of hydrogen-bond acceptors (Lipinski definition) is 3. The molecule has 48 valence electrons. The summed E-state index contributed by atoms with van der Waals surface area (Å²) in [5.74, 6) is 0. The van der Waals surface area contributed by atoms with E-state index in [9.17, 15) is 4.79 Å². The van der Waals surface area contributed by atoms with Crippen molar-refractivity contribution in [2.45, 2.75) is 13.0 Å². The highest BCUT2D eigenvalue weighted by Crippen LogP contribution is 1.71. The summed E-state index contributed by atoms with van der Waals surface area (Å²) >= 11 is 0. The average Bonchev–Trinajstić information content (AvgIpc) is 1.66. The molecule has 0 radical (unpaired) electrons. The molecule has 0 aromatic heterocycles. The fraction of sp³-hybridized carbons (Fsp3) is 0.800. The van der Waals surface area contributed by atoms with Gasteiger partial charge in [0.05, 0.1) is 12.6 Å². The maximum Gasteiger partial charge on any atom is 0.133 e. The second-order valence-electron chi connectivity index (χ2n) is 1.67. The van der Waals surface area contributed by atoms with Gasteiger partial charge in [0.25, 0.3) is 0 Å². The standard InChI is InChI=1S/C5H11NO2/c1-5(8)4-6-2-3-7/h3,5-6,8H,2,4H2,1H3. The van der Waals surface area contributed by atoms with E-state index in [-0.39, 0.29) is 6.10 Å². The van der Waals surface area contributed by atoms with Crippen molar-refractivity contribution in [1.82, 2.24) is 5.32 Å². The van der Waals surface area contributed by atoms with Gasteiger partial charge in [-0.15, -0.1) is 0 Å². The summed E-state index contributed by atoms with van der Waals surface area (Å²) in [7, 11) is 0. The summed E-state index contributed by atoms with van der Waals surface area (Å²) in [4.78, 5) is 9.64. The molecule has 0 aliphatic rings. The molecule has 0 aromatic carbocycles. The Balaban J connectivity index is 2.81. The van der Waals surface area contributed by atoms with Crippen molar-refractivity contribution >= 4 is 6.29 Å². The molecule has 0 bridgehead atoms. The van der Waals surface area contributed by atoms with Crippen LogP contribution in [0.4, 0.5) is 0 Å². The Morgan fingerprint density at radius 1 is 1.88 bits per heavy atom. The lowest BCUT2D eigenvalue weighted by molar-refractivity contribution is -0.107. The SMILES string of the molecule is CC(O)CNCC=O. The lowest BCUT2D eigenvalue weighted by atomic mass is 10.4. The van der Waals surface area contributed by atoms with Gasteiger partial charge in [0.2, 0.25) is 0 Å². The van der Waals surface area contributed by atoms with Crippen molar-refractivity contribution in [3.63, 3.8) is 0 Å². The first-order chi connectivity index (χ1) is 3.77. The van der Waals surface area contributed by atoms with Crippen molar-refractivity contribution in [2.24, 2.45) is 0 Å². The van der Waals surface area contributed by atoms with Gasteiger partial charge >= 0.3 is 0 Å². The zero-order valence-electron chi connectivity index (χ0n) is 4.92. The van der Waals surface area contributed by atoms with Gasteiger partial charge in [0.15, 0.2) is 0 Å². The minimum absolute atomic E-state index is 0.324.